The van der Waals surface area contributed by atoms with Crippen molar-refractivity contribution < 1.29 is 19.1 Å². The van der Waals surface area contributed by atoms with E-state index in [9.17, 15) is 9.59 Å². The summed E-state index contributed by atoms with van der Waals surface area (Å²) in [6.45, 7) is 1.45. The number of benzene rings is 1. The van der Waals surface area contributed by atoms with E-state index in [0.29, 0.717) is 15.9 Å². The molecule has 0 aromatic heterocycles. The summed E-state index contributed by atoms with van der Waals surface area (Å²) in [6.07, 6.45) is 0. The van der Waals surface area contributed by atoms with E-state index in [1.807, 2.05) is 45.2 Å². The van der Waals surface area contributed by atoms with Crippen LogP contribution in [0.1, 0.15) is 27.6 Å². The lowest BCUT2D eigenvalue weighted by Gasteiger charge is -2.09. The van der Waals surface area contributed by atoms with Crippen LogP contribution >= 0.6 is 45.2 Å². The van der Waals surface area contributed by atoms with Gasteiger partial charge >= 0.3 is 5.97 Å². The number of hydrogen-bond acceptors (Lipinski definition) is 4. The van der Waals surface area contributed by atoms with Crippen molar-refractivity contribution in [2.75, 3.05) is 9.23 Å². The summed E-state index contributed by atoms with van der Waals surface area (Å²) in [7, 11) is 0. The van der Waals surface area contributed by atoms with Crippen molar-refractivity contribution in [3.8, 4) is 5.75 Å². The molecule has 0 aliphatic rings. The van der Waals surface area contributed by atoms with Crippen LogP contribution in [0.3, 0.4) is 0 Å². The van der Waals surface area contributed by atoms with E-state index in [1.54, 1.807) is 12.1 Å². The fourth-order valence-corrected chi connectivity index (χ4v) is 1.84. The molecule has 0 amide bonds. The van der Waals surface area contributed by atoms with Gasteiger partial charge in [0.15, 0.2) is 5.78 Å². The van der Waals surface area contributed by atoms with Crippen molar-refractivity contribution in [2.45, 2.75) is 6.92 Å². The van der Waals surface area contributed by atoms with E-state index < -0.39 is 5.97 Å². The summed E-state index contributed by atoms with van der Waals surface area (Å²) in [5.74, 6) is -0.156. The van der Waals surface area contributed by atoms with E-state index in [1.165, 1.54) is 13.0 Å². The highest BCUT2D eigenvalue weighted by Crippen LogP contribution is 2.22. The Kier molecular flexibility index (Phi) is 6.17. The largest absolute Gasteiger partial charge is 0.482 e. The molecule has 0 bridgehead atoms. The normalized spacial score (nSPS) is 9.82. The Hall–Kier alpha value is -0.380. The van der Waals surface area contributed by atoms with E-state index in [2.05, 4.69) is 0 Å². The second kappa shape index (κ2) is 7.14. The molecular weight excluding hydrogens is 450 g/mol. The third kappa shape index (κ3) is 4.09. The van der Waals surface area contributed by atoms with Crippen LogP contribution in [-0.2, 0) is 4.74 Å². The third-order valence-corrected chi connectivity index (χ3v) is 2.62. The number of ether oxygens (including phenoxy) is 2. The van der Waals surface area contributed by atoms with Gasteiger partial charge in [0.05, 0.1) is 0 Å². The maximum atomic E-state index is 11.7. The zero-order valence-corrected chi connectivity index (χ0v) is 13.4. The van der Waals surface area contributed by atoms with Gasteiger partial charge in [0.25, 0.3) is 0 Å². The Morgan fingerprint density at radius 2 is 1.94 bits per heavy atom. The highest BCUT2D eigenvalue weighted by atomic mass is 127. The molecule has 0 heterocycles. The molecule has 17 heavy (non-hydrogen) atoms. The van der Waals surface area contributed by atoms with Gasteiger partial charge in [-0.05, 0) is 70.3 Å². The molecule has 0 spiro atoms. The fraction of sp³-hybridized carbons (Fsp3) is 0.273. The van der Waals surface area contributed by atoms with Crippen LogP contribution in [0.25, 0.3) is 0 Å². The van der Waals surface area contributed by atoms with Crippen molar-refractivity contribution in [3.05, 3.63) is 29.3 Å². The maximum absolute atomic E-state index is 11.7. The van der Waals surface area contributed by atoms with Crippen LogP contribution in [0.5, 0.6) is 5.75 Å². The second-order valence-corrected chi connectivity index (χ2v) is 4.31. The van der Waals surface area contributed by atoms with Crippen LogP contribution in [0, 0.1) is 0 Å². The Labute approximate surface area is 126 Å². The number of Topliss-reactive ketones (excluding diaryl/α,β-unsaturated/α-hetero) is 1. The van der Waals surface area contributed by atoms with Crippen LogP contribution in [-0.4, -0.2) is 21.0 Å². The maximum Gasteiger partial charge on any atom is 0.342 e. The molecular formula is C11H10I2O4. The topological polar surface area (TPSA) is 52.6 Å². The van der Waals surface area contributed by atoms with Gasteiger partial charge in [0, 0.05) is 5.56 Å². The van der Waals surface area contributed by atoms with Gasteiger partial charge in [0.1, 0.15) is 20.5 Å². The first kappa shape index (κ1) is 14.7. The zero-order chi connectivity index (χ0) is 12.8. The number of esters is 1. The molecule has 0 saturated carbocycles. The van der Waals surface area contributed by atoms with Crippen LogP contribution in [0.15, 0.2) is 18.2 Å². The predicted molar refractivity (Wildman–Crippen MR) is 80.3 cm³/mol. The van der Waals surface area contributed by atoms with Crippen molar-refractivity contribution in [2.24, 2.45) is 0 Å². The molecule has 1 rings (SSSR count). The van der Waals surface area contributed by atoms with Crippen LogP contribution in [0.4, 0.5) is 0 Å². The summed E-state index contributed by atoms with van der Waals surface area (Å²) >= 11 is 3.96. The zero-order valence-electron chi connectivity index (χ0n) is 9.04. The third-order valence-electron chi connectivity index (χ3n) is 2.00. The monoisotopic (exact) mass is 460 g/mol. The molecule has 0 unspecified atom stereocenters. The van der Waals surface area contributed by atoms with E-state index in [-0.39, 0.29) is 16.0 Å². The molecule has 4 nitrogen and oxygen atoms in total. The van der Waals surface area contributed by atoms with Gasteiger partial charge in [-0.25, -0.2) is 4.79 Å². The minimum Gasteiger partial charge on any atom is -0.482 e. The van der Waals surface area contributed by atoms with E-state index >= 15 is 0 Å². The molecule has 0 atom stereocenters. The summed E-state index contributed by atoms with van der Waals surface area (Å²) in [4.78, 5) is 22.9. The molecule has 6 heteroatoms. The number of carbonyl (C=O) groups is 2. The van der Waals surface area contributed by atoms with Crippen molar-refractivity contribution in [1.29, 1.82) is 0 Å². The summed E-state index contributed by atoms with van der Waals surface area (Å²) in [5.41, 5.74) is 0.747. The van der Waals surface area contributed by atoms with Gasteiger partial charge < -0.3 is 9.47 Å². The van der Waals surface area contributed by atoms with Gasteiger partial charge in [-0.2, -0.15) is 0 Å². The number of alkyl halides is 2. The van der Waals surface area contributed by atoms with Crippen LogP contribution < -0.4 is 4.74 Å². The van der Waals surface area contributed by atoms with Crippen molar-refractivity contribution in [3.63, 3.8) is 0 Å². The molecule has 92 valence electrons. The van der Waals surface area contributed by atoms with Crippen molar-refractivity contribution in [1.82, 2.24) is 0 Å². The number of halogens is 2. The predicted octanol–water partition coefficient (Wildman–Crippen LogP) is 3.21. The summed E-state index contributed by atoms with van der Waals surface area (Å²) < 4.78 is 10.9. The first-order chi connectivity index (χ1) is 8.10. The van der Waals surface area contributed by atoms with Crippen molar-refractivity contribution >= 4 is 56.9 Å². The van der Waals surface area contributed by atoms with E-state index in [4.69, 9.17) is 9.47 Å². The molecule has 0 aliphatic heterocycles. The van der Waals surface area contributed by atoms with Gasteiger partial charge in [-0.3, -0.25) is 4.79 Å². The lowest BCUT2D eigenvalue weighted by atomic mass is 10.1. The van der Waals surface area contributed by atoms with E-state index in [0.717, 1.165) is 0 Å². The minimum atomic E-state index is -0.484. The van der Waals surface area contributed by atoms with Crippen LogP contribution in [0.2, 0.25) is 0 Å². The fourth-order valence-electron chi connectivity index (χ4n) is 1.22. The number of rotatable bonds is 5. The Balaban J connectivity index is 3.15. The quantitative estimate of drug-likeness (QED) is 0.293. The minimum absolute atomic E-state index is 0.102. The summed E-state index contributed by atoms with van der Waals surface area (Å²) in [5, 5.41) is 0. The second-order valence-electron chi connectivity index (χ2n) is 3.06. The number of carbonyl (C=O) groups excluding carboxylic acids is 2. The highest BCUT2D eigenvalue weighted by molar-refractivity contribution is 14.1. The molecule has 1 aromatic carbocycles. The van der Waals surface area contributed by atoms with Gasteiger partial charge in [0.2, 0.25) is 0 Å². The standard InChI is InChI=1S/C11H10I2O4/c1-7(14)8-2-3-10(16-5-12)9(4-8)11(15)17-6-13/h2-4H,5-6H2,1H3. The highest BCUT2D eigenvalue weighted by Gasteiger charge is 2.15. The smallest absolute Gasteiger partial charge is 0.342 e. The average Bonchev–Trinajstić information content (AvgIpc) is 2.30. The molecule has 0 N–H and O–H groups in total. The molecule has 0 saturated heterocycles. The number of ketones is 1. The lowest BCUT2D eigenvalue weighted by Crippen LogP contribution is -2.08. The Morgan fingerprint density at radius 3 is 2.47 bits per heavy atom. The lowest BCUT2D eigenvalue weighted by molar-refractivity contribution is 0.0586. The summed E-state index contributed by atoms with van der Waals surface area (Å²) in [6, 6.07) is 4.74. The SMILES string of the molecule is CC(=O)c1ccc(OCI)c(C(=O)OCI)c1. The molecule has 0 aliphatic carbocycles. The molecule has 1 aromatic rings. The average molecular weight is 460 g/mol. The first-order valence-corrected chi connectivity index (χ1v) is 7.72. The molecule has 0 fully saturated rings. The Bertz CT molecular complexity index is 431. The van der Waals surface area contributed by atoms with Gasteiger partial charge in [-0.1, -0.05) is 0 Å². The first-order valence-electron chi connectivity index (χ1n) is 4.67. The number of hydrogen-bond donors (Lipinski definition) is 0. The molecule has 0 radical (unpaired) electrons. The van der Waals surface area contributed by atoms with Gasteiger partial charge in [-0.15, -0.1) is 0 Å². The Morgan fingerprint density at radius 1 is 1.24 bits per heavy atom.